The molecule has 0 aliphatic carbocycles. The van der Waals surface area contributed by atoms with Crippen molar-refractivity contribution in [2.24, 2.45) is 0 Å². The number of halogens is 1. The fraction of sp³-hybridized carbons (Fsp3) is 0.348. The lowest BCUT2D eigenvalue weighted by atomic mass is 9.74. The van der Waals surface area contributed by atoms with Gasteiger partial charge in [-0.3, -0.25) is 4.79 Å². The number of fused-ring (bicyclic) bond motifs is 1. The summed E-state index contributed by atoms with van der Waals surface area (Å²) < 4.78 is 16.7. The molecule has 1 N–H and O–H groups in total. The monoisotopic (exact) mass is 413 g/mol. The quantitative estimate of drug-likeness (QED) is 0.805. The third-order valence-corrected chi connectivity index (χ3v) is 6.03. The van der Waals surface area contributed by atoms with Gasteiger partial charge in [0.05, 0.1) is 12.7 Å². The number of carbonyl (C=O) groups is 1. The van der Waals surface area contributed by atoms with Crippen molar-refractivity contribution < 1.29 is 19.0 Å². The highest BCUT2D eigenvalue weighted by Crippen LogP contribution is 2.39. The Hall–Kier alpha value is -2.50. The maximum Gasteiger partial charge on any atom is 0.250 e. The molecule has 0 bridgehead atoms. The summed E-state index contributed by atoms with van der Waals surface area (Å²) in [5, 5.41) is 3.84. The molecule has 0 aromatic heterocycles. The van der Waals surface area contributed by atoms with E-state index in [1.54, 1.807) is 7.11 Å². The largest absolute Gasteiger partial charge is 0.493 e. The van der Waals surface area contributed by atoms with Gasteiger partial charge in [-0.25, -0.2) is 0 Å². The first-order chi connectivity index (χ1) is 14.1. The zero-order valence-corrected chi connectivity index (χ0v) is 17.1. The summed E-state index contributed by atoms with van der Waals surface area (Å²) in [4.78, 5) is 12.9. The molecule has 1 saturated heterocycles. The first-order valence-corrected chi connectivity index (χ1v) is 10.1. The number of nitrogens with one attached hydrogen (secondary N) is 1. The molecule has 1 amide bonds. The predicted octanol–water partition coefficient (Wildman–Crippen LogP) is 3.99. The molecule has 2 aromatic rings. The molecule has 0 atom stereocenters. The maximum absolute atomic E-state index is 12.9. The summed E-state index contributed by atoms with van der Waals surface area (Å²) >= 11 is 6.50. The van der Waals surface area contributed by atoms with Crippen LogP contribution in [0.1, 0.15) is 24.0 Å². The second-order valence-corrected chi connectivity index (χ2v) is 7.80. The van der Waals surface area contributed by atoms with E-state index >= 15 is 0 Å². The number of hydrogen-bond donors (Lipinski definition) is 1. The molecule has 5 nitrogen and oxygen atoms in total. The van der Waals surface area contributed by atoms with Crippen LogP contribution in [0.15, 0.2) is 48.0 Å². The van der Waals surface area contributed by atoms with E-state index < -0.39 is 0 Å². The lowest BCUT2D eigenvalue weighted by Crippen LogP contribution is -2.45. The summed E-state index contributed by atoms with van der Waals surface area (Å²) in [6.45, 7) is 2.02. The number of methoxy groups -OCH3 is 1. The number of para-hydroxylation sites is 1. The molecule has 0 unspecified atom stereocenters. The molecular formula is C23H24ClNO4. The Balaban J connectivity index is 1.53. The van der Waals surface area contributed by atoms with Crippen LogP contribution in [0.5, 0.6) is 11.5 Å². The van der Waals surface area contributed by atoms with Crippen LogP contribution in [0.4, 0.5) is 0 Å². The van der Waals surface area contributed by atoms with Gasteiger partial charge < -0.3 is 19.5 Å². The topological polar surface area (TPSA) is 56.8 Å². The lowest BCUT2D eigenvalue weighted by Gasteiger charge is -2.38. The fourth-order valence-electron chi connectivity index (χ4n) is 4.03. The summed E-state index contributed by atoms with van der Waals surface area (Å²) in [7, 11) is 1.60. The maximum atomic E-state index is 12.9. The van der Waals surface area contributed by atoms with E-state index in [0.29, 0.717) is 36.8 Å². The minimum Gasteiger partial charge on any atom is -0.493 e. The molecule has 0 radical (unpaired) electrons. The highest BCUT2D eigenvalue weighted by molar-refractivity contribution is 6.31. The van der Waals surface area contributed by atoms with Gasteiger partial charge in [0, 0.05) is 35.8 Å². The average molecular weight is 414 g/mol. The Labute approximate surface area is 175 Å². The summed E-state index contributed by atoms with van der Waals surface area (Å²) in [5.41, 5.74) is 2.26. The van der Waals surface area contributed by atoms with E-state index in [1.807, 2.05) is 48.5 Å². The molecule has 4 rings (SSSR count). The van der Waals surface area contributed by atoms with Crippen molar-refractivity contribution >= 4 is 23.6 Å². The molecule has 6 heteroatoms. The van der Waals surface area contributed by atoms with Crippen molar-refractivity contribution in [3.8, 4) is 11.5 Å². The molecule has 2 aliphatic rings. The van der Waals surface area contributed by atoms with Gasteiger partial charge in [0.1, 0.15) is 6.61 Å². The van der Waals surface area contributed by atoms with Gasteiger partial charge in [-0.1, -0.05) is 41.9 Å². The minimum absolute atomic E-state index is 0.128. The van der Waals surface area contributed by atoms with E-state index in [4.69, 9.17) is 25.8 Å². The molecule has 0 saturated carbocycles. The van der Waals surface area contributed by atoms with Crippen LogP contribution in [0.3, 0.4) is 0 Å². The van der Waals surface area contributed by atoms with E-state index in [1.165, 1.54) is 0 Å². The molecule has 2 heterocycles. The number of carbonyl (C=O) groups excluding carboxylic acids is 1. The van der Waals surface area contributed by atoms with Gasteiger partial charge in [-0.05, 0) is 36.6 Å². The molecule has 152 valence electrons. The van der Waals surface area contributed by atoms with Crippen molar-refractivity contribution in [3.05, 3.63) is 64.2 Å². The Morgan fingerprint density at radius 3 is 2.72 bits per heavy atom. The summed E-state index contributed by atoms with van der Waals surface area (Å²) in [6.07, 6.45) is 3.49. The van der Waals surface area contributed by atoms with Crippen molar-refractivity contribution in [2.45, 2.75) is 18.3 Å². The third kappa shape index (κ3) is 3.98. The van der Waals surface area contributed by atoms with Gasteiger partial charge in [-0.2, -0.15) is 0 Å². The molecule has 1 fully saturated rings. The molecule has 2 aliphatic heterocycles. The van der Waals surface area contributed by atoms with Crippen LogP contribution >= 0.6 is 11.6 Å². The highest BCUT2D eigenvalue weighted by Gasteiger charge is 2.36. The lowest BCUT2D eigenvalue weighted by molar-refractivity contribution is -0.118. The second kappa shape index (κ2) is 8.47. The average Bonchev–Trinajstić information content (AvgIpc) is 2.77. The smallest absolute Gasteiger partial charge is 0.250 e. The number of hydrogen-bond acceptors (Lipinski definition) is 4. The van der Waals surface area contributed by atoms with E-state index in [-0.39, 0.29) is 17.9 Å². The van der Waals surface area contributed by atoms with Crippen molar-refractivity contribution in [1.29, 1.82) is 0 Å². The van der Waals surface area contributed by atoms with Crippen LogP contribution in [-0.2, 0) is 14.9 Å². The first kappa shape index (κ1) is 19.8. The number of benzene rings is 2. The zero-order chi connectivity index (χ0) is 20.3. The van der Waals surface area contributed by atoms with Gasteiger partial charge >= 0.3 is 0 Å². The first-order valence-electron chi connectivity index (χ1n) is 9.74. The Morgan fingerprint density at radius 2 is 1.97 bits per heavy atom. The molecule has 0 spiro atoms. The zero-order valence-electron chi connectivity index (χ0n) is 16.4. The van der Waals surface area contributed by atoms with Gasteiger partial charge in [0.15, 0.2) is 11.5 Å². The Morgan fingerprint density at radius 1 is 1.17 bits per heavy atom. The minimum atomic E-state index is -0.233. The van der Waals surface area contributed by atoms with Crippen LogP contribution < -0.4 is 14.8 Å². The fourth-order valence-corrected chi connectivity index (χ4v) is 4.37. The van der Waals surface area contributed by atoms with Crippen LogP contribution in [0, 0.1) is 0 Å². The summed E-state index contributed by atoms with van der Waals surface area (Å²) in [6, 6.07) is 13.5. The standard InChI is InChI=1S/C23H24ClNO4/c1-27-20-8-4-5-16-13-17(14-29-21(16)20)22(26)25-15-23(9-11-28-12-10-23)18-6-2-3-7-19(18)24/h2-8,13H,9-12,14-15H2,1H3,(H,25,26). The molecular weight excluding hydrogens is 390 g/mol. The van der Waals surface area contributed by atoms with Crippen molar-refractivity contribution in [1.82, 2.24) is 5.32 Å². The third-order valence-electron chi connectivity index (χ3n) is 5.71. The normalized spacial score (nSPS) is 17.5. The van der Waals surface area contributed by atoms with Gasteiger partial charge in [-0.15, -0.1) is 0 Å². The van der Waals surface area contributed by atoms with Crippen LogP contribution in [0.2, 0.25) is 5.02 Å². The molecule has 29 heavy (non-hydrogen) atoms. The van der Waals surface area contributed by atoms with E-state index in [0.717, 1.165) is 29.0 Å². The van der Waals surface area contributed by atoms with Gasteiger partial charge in [0.25, 0.3) is 5.91 Å². The van der Waals surface area contributed by atoms with Crippen molar-refractivity contribution in [2.75, 3.05) is 33.5 Å². The predicted molar refractivity (Wildman–Crippen MR) is 113 cm³/mol. The Kier molecular flexibility index (Phi) is 5.79. The number of amides is 1. The second-order valence-electron chi connectivity index (χ2n) is 7.39. The van der Waals surface area contributed by atoms with Crippen LogP contribution in [-0.4, -0.2) is 39.4 Å². The van der Waals surface area contributed by atoms with E-state index in [9.17, 15) is 4.79 Å². The Bertz CT molecular complexity index is 934. The highest BCUT2D eigenvalue weighted by atomic mass is 35.5. The molecule has 2 aromatic carbocycles. The van der Waals surface area contributed by atoms with Crippen molar-refractivity contribution in [3.63, 3.8) is 0 Å². The summed E-state index contributed by atoms with van der Waals surface area (Å²) in [5.74, 6) is 1.21. The number of rotatable bonds is 5. The number of ether oxygens (including phenoxy) is 3. The van der Waals surface area contributed by atoms with Gasteiger partial charge in [0.2, 0.25) is 0 Å². The van der Waals surface area contributed by atoms with E-state index in [2.05, 4.69) is 5.32 Å². The van der Waals surface area contributed by atoms with Crippen LogP contribution in [0.25, 0.3) is 6.08 Å². The SMILES string of the molecule is COc1cccc2c1OCC(C(=O)NCC1(c3ccccc3Cl)CCOCC1)=C2.